The number of aliphatic hydroxyl groups excluding tert-OH is 1. The first-order chi connectivity index (χ1) is 8.17. The van der Waals surface area contributed by atoms with E-state index in [2.05, 4.69) is 5.10 Å². The van der Waals surface area contributed by atoms with Crippen LogP contribution in [0.3, 0.4) is 0 Å². The van der Waals surface area contributed by atoms with E-state index in [0.29, 0.717) is 18.4 Å². The number of ether oxygens (including phenoxy) is 1. The van der Waals surface area contributed by atoms with E-state index in [4.69, 9.17) is 4.74 Å². The zero-order chi connectivity index (χ0) is 12.3. The highest BCUT2D eigenvalue weighted by molar-refractivity contribution is 5.05. The zero-order valence-electron chi connectivity index (χ0n) is 10.7. The van der Waals surface area contributed by atoms with Gasteiger partial charge < -0.3 is 9.84 Å². The molecule has 0 aliphatic heterocycles. The average molecular weight is 238 g/mol. The summed E-state index contributed by atoms with van der Waals surface area (Å²) in [6.07, 6.45) is 7.81. The molecule has 1 unspecified atom stereocenters. The van der Waals surface area contributed by atoms with Crippen molar-refractivity contribution in [3.63, 3.8) is 0 Å². The van der Waals surface area contributed by atoms with Crippen LogP contribution in [-0.4, -0.2) is 33.7 Å². The van der Waals surface area contributed by atoms with E-state index >= 15 is 0 Å². The quantitative estimate of drug-likeness (QED) is 0.817. The minimum Gasteiger partial charge on any atom is -0.393 e. The van der Waals surface area contributed by atoms with E-state index < -0.39 is 0 Å². The van der Waals surface area contributed by atoms with Gasteiger partial charge in [0.1, 0.15) is 0 Å². The van der Waals surface area contributed by atoms with Crippen molar-refractivity contribution in [1.82, 2.24) is 9.78 Å². The molecule has 1 aromatic heterocycles. The van der Waals surface area contributed by atoms with E-state index in [1.54, 1.807) is 4.68 Å². The highest BCUT2D eigenvalue weighted by Gasteiger charge is 2.30. The maximum Gasteiger partial charge on any atom is 0.0584 e. The number of rotatable bonds is 6. The molecule has 0 saturated heterocycles. The third-order valence-corrected chi connectivity index (χ3v) is 3.43. The van der Waals surface area contributed by atoms with Crippen LogP contribution < -0.4 is 0 Å². The Kier molecular flexibility index (Phi) is 4.18. The first-order valence-electron chi connectivity index (χ1n) is 6.44. The number of nitrogens with zero attached hydrogens (tertiary/aromatic N) is 2. The molecule has 1 aromatic rings. The number of hydrogen-bond donors (Lipinski definition) is 1. The Morgan fingerprint density at radius 2 is 2.35 bits per heavy atom. The number of aryl methyl sites for hydroxylation is 1. The Labute approximate surface area is 103 Å². The molecule has 4 heteroatoms. The summed E-state index contributed by atoms with van der Waals surface area (Å²) in [5.74, 6) is 0.637. The molecule has 0 aromatic carbocycles. The Morgan fingerprint density at radius 1 is 1.59 bits per heavy atom. The highest BCUT2D eigenvalue weighted by atomic mass is 16.5. The van der Waals surface area contributed by atoms with Gasteiger partial charge in [0.05, 0.1) is 18.4 Å². The summed E-state index contributed by atoms with van der Waals surface area (Å²) in [4.78, 5) is 0. The maximum absolute atomic E-state index is 9.99. The maximum atomic E-state index is 9.99. The summed E-state index contributed by atoms with van der Waals surface area (Å²) in [6.45, 7) is 2.83. The number of aliphatic hydroxyl groups is 1. The predicted molar refractivity (Wildman–Crippen MR) is 65.7 cm³/mol. The van der Waals surface area contributed by atoms with Crippen LogP contribution >= 0.6 is 0 Å². The molecule has 2 rings (SSSR count). The molecule has 96 valence electrons. The second-order valence-corrected chi connectivity index (χ2v) is 5.03. The van der Waals surface area contributed by atoms with Gasteiger partial charge in [-0.1, -0.05) is 0 Å². The fraction of sp³-hybridized carbons (Fsp3) is 0.769. The van der Waals surface area contributed by atoms with Gasteiger partial charge in [-0.2, -0.15) is 5.10 Å². The summed E-state index contributed by atoms with van der Waals surface area (Å²) >= 11 is 0. The van der Waals surface area contributed by atoms with Gasteiger partial charge in [0.25, 0.3) is 0 Å². The first kappa shape index (κ1) is 12.6. The largest absolute Gasteiger partial charge is 0.393 e. The second kappa shape index (κ2) is 5.65. The highest BCUT2D eigenvalue weighted by Crippen LogP contribution is 2.33. The molecule has 1 atom stereocenters. The van der Waals surface area contributed by atoms with Gasteiger partial charge in [-0.15, -0.1) is 0 Å². The molecular weight excluding hydrogens is 216 g/mol. The topological polar surface area (TPSA) is 47.3 Å². The van der Waals surface area contributed by atoms with Crippen molar-refractivity contribution in [1.29, 1.82) is 0 Å². The van der Waals surface area contributed by atoms with E-state index in [9.17, 15) is 5.11 Å². The van der Waals surface area contributed by atoms with Crippen molar-refractivity contribution in [3.8, 4) is 0 Å². The van der Waals surface area contributed by atoms with Crippen LogP contribution in [0.4, 0.5) is 0 Å². The summed E-state index contributed by atoms with van der Waals surface area (Å²) in [6, 6.07) is 0. The fourth-order valence-electron chi connectivity index (χ4n) is 2.56. The Bertz CT molecular complexity index is 345. The van der Waals surface area contributed by atoms with Crippen molar-refractivity contribution in [2.24, 2.45) is 13.0 Å². The first-order valence-corrected chi connectivity index (χ1v) is 6.44. The van der Waals surface area contributed by atoms with Crippen LogP contribution in [0.15, 0.2) is 12.4 Å². The lowest BCUT2D eigenvalue weighted by Gasteiger charge is -2.36. The van der Waals surface area contributed by atoms with Crippen LogP contribution in [-0.2, 0) is 18.2 Å². The van der Waals surface area contributed by atoms with Crippen LogP contribution in [0.5, 0.6) is 0 Å². The molecule has 1 N–H and O–H groups in total. The summed E-state index contributed by atoms with van der Waals surface area (Å²) < 4.78 is 7.29. The number of aromatic nitrogens is 2. The van der Waals surface area contributed by atoms with Crippen molar-refractivity contribution in [2.45, 2.75) is 44.8 Å². The third-order valence-electron chi connectivity index (χ3n) is 3.43. The molecule has 0 amide bonds. The summed E-state index contributed by atoms with van der Waals surface area (Å²) in [5.41, 5.74) is 1.11. The van der Waals surface area contributed by atoms with Crippen LogP contribution in [0.2, 0.25) is 0 Å². The molecular formula is C13H22N2O2. The van der Waals surface area contributed by atoms with Crippen molar-refractivity contribution in [2.75, 3.05) is 6.61 Å². The van der Waals surface area contributed by atoms with Crippen molar-refractivity contribution < 1.29 is 9.84 Å². The molecule has 0 spiro atoms. The van der Waals surface area contributed by atoms with Gasteiger partial charge in [-0.05, 0) is 37.7 Å². The molecule has 0 radical (unpaired) electrons. The minimum absolute atomic E-state index is 0.244. The molecule has 17 heavy (non-hydrogen) atoms. The predicted octanol–water partition coefficient (Wildman–Crippen LogP) is 1.53. The molecule has 1 aliphatic carbocycles. The molecule has 1 fully saturated rings. The molecule has 1 saturated carbocycles. The molecule has 1 aliphatic rings. The van der Waals surface area contributed by atoms with Crippen LogP contribution in [0.25, 0.3) is 0 Å². The van der Waals surface area contributed by atoms with E-state index in [1.165, 1.54) is 0 Å². The second-order valence-electron chi connectivity index (χ2n) is 5.03. The molecule has 4 nitrogen and oxygen atoms in total. The molecule has 1 heterocycles. The lowest BCUT2D eigenvalue weighted by Crippen LogP contribution is -2.34. The van der Waals surface area contributed by atoms with Crippen molar-refractivity contribution in [3.05, 3.63) is 18.0 Å². The fourth-order valence-corrected chi connectivity index (χ4v) is 2.56. The lowest BCUT2D eigenvalue weighted by atomic mass is 9.78. The summed E-state index contributed by atoms with van der Waals surface area (Å²) in [5, 5.41) is 14.1. The van der Waals surface area contributed by atoms with E-state index in [-0.39, 0.29) is 6.10 Å². The Hall–Kier alpha value is -0.870. The van der Waals surface area contributed by atoms with Gasteiger partial charge in [0, 0.05) is 26.3 Å². The normalized spacial score (nSPS) is 25.6. The SMILES string of the molecule is CCOC1CC(CC(O)Cc2cnn(C)c2)C1. The van der Waals surface area contributed by atoms with Crippen LogP contribution in [0, 0.1) is 5.92 Å². The van der Waals surface area contributed by atoms with Gasteiger partial charge in [-0.25, -0.2) is 0 Å². The summed E-state index contributed by atoms with van der Waals surface area (Å²) in [7, 11) is 1.90. The van der Waals surface area contributed by atoms with Gasteiger partial charge in [0.15, 0.2) is 0 Å². The Morgan fingerprint density at radius 3 is 2.94 bits per heavy atom. The Balaban J connectivity index is 1.67. The van der Waals surface area contributed by atoms with Crippen molar-refractivity contribution >= 4 is 0 Å². The minimum atomic E-state index is -0.244. The zero-order valence-corrected chi connectivity index (χ0v) is 10.7. The van der Waals surface area contributed by atoms with Crippen LogP contribution in [0.1, 0.15) is 31.7 Å². The lowest BCUT2D eigenvalue weighted by molar-refractivity contribution is -0.0375. The van der Waals surface area contributed by atoms with E-state index in [1.807, 2.05) is 26.4 Å². The smallest absolute Gasteiger partial charge is 0.0584 e. The number of hydrogen-bond acceptors (Lipinski definition) is 3. The van der Waals surface area contributed by atoms with E-state index in [0.717, 1.165) is 31.4 Å². The van der Waals surface area contributed by atoms with Gasteiger partial charge in [0.2, 0.25) is 0 Å². The average Bonchev–Trinajstić information content (AvgIpc) is 2.61. The third kappa shape index (κ3) is 3.54. The monoisotopic (exact) mass is 238 g/mol. The van der Waals surface area contributed by atoms with Gasteiger partial charge >= 0.3 is 0 Å². The molecule has 0 bridgehead atoms. The van der Waals surface area contributed by atoms with Gasteiger partial charge in [-0.3, -0.25) is 4.68 Å². The standard InChI is InChI=1S/C13H22N2O2/c1-3-17-13-6-10(7-13)4-12(16)5-11-8-14-15(2)9-11/h8-10,12-13,16H,3-7H2,1-2H3.